The summed E-state index contributed by atoms with van der Waals surface area (Å²) in [5, 5.41) is 6.62. The number of hydrogen-bond donors (Lipinski definition) is 2. The van der Waals surface area contributed by atoms with E-state index in [9.17, 15) is 0 Å². The molecule has 0 amide bonds. The van der Waals surface area contributed by atoms with Crippen molar-refractivity contribution in [1.29, 1.82) is 0 Å². The van der Waals surface area contributed by atoms with E-state index in [1.807, 2.05) is 7.05 Å². The molecule has 1 unspecified atom stereocenters. The summed E-state index contributed by atoms with van der Waals surface area (Å²) in [6.07, 6.45) is 1.17. The Morgan fingerprint density at radius 1 is 1.16 bits per heavy atom. The molecule has 1 aromatic rings. The van der Waals surface area contributed by atoms with E-state index in [1.165, 1.54) is 6.42 Å². The van der Waals surface area contributed by atoms with Gasteiger partial charge in [-0.3, -0.25) is 0 Å². The molecule has 1 heterocycles. The zero-order chi connectivity index (χ0) is 14.6. The normalized spacial score (nSPS) is 13.2. The lowest BCUT2D eigenvalue weighted by Gasteiger charge is -2.21. The molecule has 19 heavy (non-hydrogen) atoms. The van der Waals surface area contributed by atoms with Crippen LogP contribution in [0, 0.1) is 12.8 Å². The monoisotopic (exact) mass is 264 g/mol. The van der Waals surface area contributed by atoms with Gasteiger partial charge < -0.3 is 10.6 Å². The summed E-state index contributed by atoms with van der Waals surface area (Å²) >= 11 is 0. The van der Waals surface area contributed by atoms with Gasteiger partial charge in [-0.2, -0.15) is 0 Å². The third-order valence-corrected chi connectivity index (χ3v) is 3.37. The van der Waals surface area contributed by atoms with Crippen molar-refractivity contribution < 1.29 is 0 Å². The maximum absolute atomic E-state index is 4.70. The first-order valence-electron chi connectivity index (χ1n) is 7.10. The summed E-state index contributed by atoms with van der Waals surface area (Å²) in [7, 11) is 1.90. The number of nitrogens with one attached hydrogen (secondary N) is 2. The van der Waals surface area contributed by atoms with E-state index in [2.05, 4.69) is 57.2 Å². The second-order valence-electron chi connectivity index (χ2n) is 6.26. The summed E-state index contributed by atoms with van der Waals surface area (Å²) in [4.78, 5) is 9.30. The Labute approximate surface area is 117 Å². The van der Waals surface area contributed by atoms with Crippen LogP contribution in [0.5, 0.6) is 0 Å². The highest BCUT2D eigenvalue weighted by atomic mass is 15.1. The first-order chi connectivity index (χ1) is 8.79. The quantitative estimate of drug-likeness (QED) is 0.853. The highest BCUT2D eigenvalue weighted by Crippen LogP contribution is 2.26. The van der Waals surface area contributed by atoms with Gasteiger partial charge in [-0.15, -0.1) is 0 Å². The third kappa shape index (κ3) is 4.08. The van der Waals surface area contributed by atoms with E-state index in [0.29, 0.717) is 5.92 Å². The summed E-state index contributed by atoms with van der Waals surface area (Å²) < 4.78 is 0. The van der Waals surface area contributed by atoms with Crippen LogP contribution in [0.25, 0.3) is 0 Å². The lowest BCUT2D eigenvalue weighted by Crippen LogP contribution is -2.20. The molecule has 0 fully saturated rings. The number of anilines is 2. The van der Waals surface area contributed by atoms with Crippen LogP contribution in [0.1, 0.15) is 52.4 Å². The molecule has 4 nitrogen and oxygen atoms in total. The van der Waals surface area contributed by atoms with E-state index in [4.69, 9.17) is 4.98 Å². The van der Waals surface area contributed by atoms with Crippen LogP contribution in [0.2, 0.25) is 0 Å². The Hall–Kier alpha value is -1.32. The molecule has 0 spiro atoms. The number of aromatic nitrogens is 2. The average molecular weight is 264 g/mol. The molecule has 2 N–H and O–H groups in total. The summed E-state index contributed by atoms with van der Waals surface area (Å²) in [5.74, 6) is 3.37. The minimum absolute atomic E-state index is 0.0495. The molecule has 0 aliphatic carbocycles. The van der Waals surface area contributed by atoms with Gasteiger partial charge in [0.25, 0.3) is 0 Å². The van der Waals surface area contributed by atoms with Gasteiger partial charge in [0.15, 0.2) is 0 Å². The Morgan fingerprint density at radius 3 is 2.21 bits per heavy atom. The molecule has 0 saturated heterocycles. The molecule has 108 valence electrons. The van der Waals surface area contributed by atoms with Crippen LogP contribution < -0.4 is 10.6 Å². The second-order valence-corrected chi connectivity index (χ2v) is 6.26. The standard InChI is InChI=1S/C15H28N4/c1-8-10(2)9-17-13-11(3)12(16-7)18-14(19-13)15(4,5)6/h10H,8-9H2,1-7H3,(H2,16,17,18,19). The maximum Gasteiger partial charge on any atom is 0.138 e. The van der Waals surface area contributed by atoms with Crippen molar-refractivity contribution in [3.05, 3.63) is 11.4 Å². The molecule has 1 rings (SSSR count). The zero-order valence-electron chi connectivity index (χ0n) is 13.4. The predicted molar refractivity (Wildman–Crippen MR) is 83.0 cm³/mol. The van der Waals surface area contributed by atoms with Crippen molar-refractivity contribution in [1.82, 2.24) is 9.97 Å². The van der Waals surface area contributed by atoms with Gasteiger partial charge >= 0.3 is 0 Å². The lowest BCUT2D eigenvalue weighted by molar-refractivity contribution is 0.544. The number of rotatable bonds is 5. The highest BCUT2D eigenvalue weighted by molar-refractivity contribution is 5.57. The summed E-state index contributed by atoms with van der Waals surface area (Å²) in [6, 6.07) is 0. The number of nitrogens with zero attached hydrogens (tertiary/aromatic N) is 2. The van der Waals surface area contributed by atoms with E-state index < -0.39 is 0 Å². The summed E-state index contributed by atoms with van der Waals surface area (Å²) in [6.45, 7) is 13.9. The topological polar surface area (TPSA) is 49.8 Å². The van der Waals surface area contributed by atoms with Crippen molar-refractivity contribution >= 4 is 11.6 Å². The van der Waals surface area contributed by atoms with Crippen LogP contribution in [-0.4, -0.2) is 23.6 Å². The second kappa shape index (κ2) is 6.22. The smallest absolute Gasteiger partial charge is 0.138 e. The lowest BCUT2D eigenvalue weighted by atomic mass is 9.95. The van der Waals surface area contributed by atoms with E-state index in [1.54, 1.807) is 0 Å². The largest absolute Gasteiger partial charge is 0.373 e. The molecule has 0 bridgehead atoms. The van der Waals surface area contributed by atoms with Crippen LogP contribution in [0.15, 0.2) is 0 Å². The number of hydrogen-bond acceptors (Lipinski definition) is 4. The molecular weight excluding hydrogens is 236 g/mol. The Bertz CT molecular complexity index is 421. The minimum Gasteiger partial charge on any atom is -0.373 e. The van der Waals surface area contributed by atoms with E-state index in [-0.39, 0.29) is 5.41 Å². The van der Waals surface area contributed by atoms with Crippen molar-refractivity contribution in [3.63, 3.8) is 0 Å². The molecule has 0 aliphatic heterocycles. The minimum atomic E-state index is -0.0495. The van der Waals surface area contributed by atoms with Gasteiger partial charge in [0, 0.05) is 24.6 Å². The van der Waals surface area contributed by atoms with Gasteiger partial charge in [-0.25, -0.2) is 9.97 Å². The van der Waals surface area contributed by atoms with Crippen molar-refractivity contribution in [2.45, 2.75) is 53.4 Å². The fourth-order valence-electron chi connectivity index (χ4n) is 1.68. The summed E-state index contributed by atoms with van der Waals surface area (Å²) in [5.41, 5.74) is 1.03. The van der Waals surface area contributed by atoms with E-state index >= 15 is 0 Å². The first-order valence-corrected chi connectivity index (χ1v) is 7.10. The third-order valence-electron chi connectivity index (χ3n) is 3.37. The molecule has 0 aliphatic rings. The van der Waals surface area contributed by atoms with Crippen molar-refractivity contribution in [2.75, 3.05) is 24.2 Å². The fraction of sp³-hybridized carbons (Fsp3) is 0.733. The molecule has 0 saturated carbocycles. The van der Waals surface area contributed by atoms with Crippen LogP contribution >= 0.6 is 0 Å². The SMILES string of the molecule is CCC(C)CNc1nc(C(C)(C)C)nc(NC)c1C. The molecule has 1 aromatic heterocycles. The molecule has 1 atom stereocenters. The molecule has 4 heteroatoms. The predicted octanol–water partition coefficient (Wildman–Crippen LogP) is 3.58. The average Bonchev–Trinajstić information content (AvgIpc) is 2.35. The Balaban J connectivity index is 3.08. The van der Waals surface area contributed by atoms with Gasteiger partial charge in [0.05, 0.1) is 0 Å². The van der Waals surface area contributed by atoms with Gasteiger partial charge in [-0.1, -0.05) is 41.0 Å². The van der Waals surface area contributed by atoms with Crippen LogP contribution in [-0.2, 0) is 5.41 Å². The fourth-order valence-corrected chi connectivity index (χ4v) is 1.68. The van der Waals surface area contributed by atoms with Crippen LogP contribution in [0.4, 0.5) is 11.6 Å². The van der Waals surface area contributed by atoms with Crippen molar-refractivity contribution in [2.24, 2.45) is 5.92 Å². The van der Waals surface area contributed by atoms with E-state index in [0.717, 1.165) is 29.6 Å². The van der Waals surface area contributed by atoms with Crippen molar-refractivity contribution in [3.8, 4) is 0 Å². The highest BCUT2D eigenvalue weighted by Gasteiger charge is 2.20. The maximum atomic E-state index is 4.70. The van der Waals surface area contributed by atoms with Crippen LogP contribution in [0.3, 0.4) is 0 Å². The first kappa shape index (κ1) is 15.7. The van der Waals surface area contributed by atoms with Gasteiger partial charge in [-0.05, 0) is 12.8 Å². The van der Waals surface area contributed by atoms with Gasteiger partial charge in [0.2, 0.25) is 0 Å². The molecule has 0 radical (unpaired) electrons. The van der Waals surface area contributed by atoms with Gasteiger partial charge in [0.1, 0.15) is 17.5 Å². The Morgan fingerprint density at radius 2 is 1.74 bits per heavy atom. The molecule has 0 aromatic carbocycles. The Kier molecular flexibility index (Phi) is 5.15. The molecular formula is C15H28N4. The zero-order valence-corrected chi connectivity index (χ0v) is 13.4.